The Kier molecular flexibility index (Phi) is 1.99. The molecule has 0 saturated carbocycles. The van der Waals surface area contributed by atoms with E-state index in [-0.39, 0.29) is 0 Å². The molecule has 0 aliphatic carbocycles. The molecule has 0 aliphatic rings. The molecule has 0 aromatic carbocycles. The number of hydrogen-bond donors (Lipinski definition) is 0. The Bertz CT molecular complexity index is 460. The molecule has 14 heavy (non-hydrogen) atoms. The molecule has 0 radical (unpaired) electrons. The zero-order valence-electron chi connectivity index (χ0n) is 8.47. The lowest BCUT2D eigenvalue weighted by Crippen LogP contribution is -2.26. The van der Waals surface area contributed by atoms with Crippen LogP contribution in [-0.4, -0.2) is 20.2 Å². The lowest BCUT2D eigenvalue weighted by atomic mass is 10.1. The first kappa shape index (κ1) is 8.80. The fourth-order valence-electron chi connectivity index (χ4n) is 1.29. The molecule has 0 atom stereocenters. The minimum absolute atomic E-state index is 0.668. The predicted octanol–water partition coefficient (Wildman–Crippen LogP) is 0.0100. The quantitative estimate of drug-likeness (QED) is 0.595. The minimum Gasteiger partial charge on any atom is -0.207 e. The van der Waals surface area contributed by atoms with Crippen LogP contribution in [0.15, 0.2) is 18.5 Å². The maximum Gasteiger partial charge on any atom is 0.211 e. The van der Waals surface area contributed by atoms with Crippen LogP contribution in [0, 0.1) is 6.92 Å². The van der Waals surface area contributed by atoms with Gasteiger partial charge in [0.2, 0.25) is 5.82 Å². The van der Waals surface area contributed by atoms with Crippen LogP contribution >= 0.6 is 0 Å². The molecule has 0 unspecified atom stereocenters. The Morgan fingerprint density at radius 3 is 2.86 bits per heavy atom. The molecule has 5 nitrogen and oxygen atoms in total. The van der Waals surface area contributed by atoms with Gasteiger partial charge in [0.05, 0.1) is 12.6 Å². The van der Waals surface area contributed by atoms with E-state index in [0.29, 0.717) is 5.82 Å². The summed E-state index contributed by atoms with van der Waals surface area (Å²) >= 11 is 0. The molecule has 0 amide bonds. The van der Waals surface area contributed by atoms with Crippen molar-refractivity contribution in [2.75, 3.05) is 0 Å². The molecule has 0 N–H and O–H groups in total. The fraction of sp³-hybridized carbons (Fsp3) is 0.333. The van der Waals surface area contributed by atoms with E-state index >= 15 is 0 Å². The van der Waals surface area contributed by atoms with Gasteiger partial charge in [-0.3, -0.25) is 0 Å². The van der Waals surface area contributed by atoms with Crippen molar-refractivity contribution in [2.45, 2.75) is 6.92 Å². The number of tetrazole rings is 1. The topological polar surface area (TPSA) is 47.5 Å². The number of rotatable bonds is 1. The second-order valence-corrected chi connectivity index (χ2v) is 3.31. The van der Waals surface area contributed by atoms with Crippen LogP contribution in [0.4, 0.5) is 0 Å². The zero-order chi connectivity index (χ0) is 10.1. The molecule has 0 aliphatic heterocycles. The summed E-state index contributed by atoms with van der Waals surface area (Å²) in [7, 11) is 3.73. The number of hydrogen-bond acceptors (Lipinski definition) is 3. The van der Waals surface area contributed by atoms with E-state index in [4.69, 9.17) is 0 Å². The molecule has 0 fully saturated rings. The maximum atomic E-state index is 4.16. The van der Waals surface area contributed by atoms with Crippen molar-refractivity contribution in [2.24, 2.45) is 14.1 Å². The Morgan fingerprint density at radius 2 is 2.21 bits per heavy atom. The van der Waals surface area contributed by atoms with Gasteiger partial charge in [-0.05, 0) is 17.7 Å². The summed E-state index contributed by atoms with van der Waals surface area (Å²) in [6.45, 7) is 2.03. The van der Waals surface area contributed by atoms with E-state index in [1.165, 1.54) is 4.80 Å². The predicted molar refractivity (Wildman–Crippen MR) is 50.1 cm³/mol. The van der Waals surface area contributed by atoms with E-state index in [1.54, 1.807) is 7.05 Å². The molecule has 2 aromatic rings. The second-order valence-electron chi connectivity index (χ2n) is 3.31. The highest BCUT2D eigenvalue weighted by Gasteiger charge is 2.11. The number of aromatic nitrogens is 5. The van der Waals surface area contributed by atoms with Crippen LogP contribution in [0.1, 0.15) is 5.56 Å². The molecule has 2 aromatic heterocycles. The largest absolute Gasteiger partial charge is 0.211 e. The second kappa shape index (κ2) is 3.17. The normalized spacial score (nSPS) is 10.5. The third-order valence-electron chi connectivity index (χ3n) is 2.07. The van der Waals surface area contributed by atoms with Crippen LogP contribution in [-0.2, 0) is 14.1 Å². The summed E-state index contributed by atoms with van der Waals surface area (Å²) in [5.41, 5.74) is 2.17. The van der Waals surface area contributed by atoms with Crippen molar-refractivity contribution in [3.05, 3.63) is 24.0 Å². The van der Waals surface area contributed by atoms with Gasteiger partial charge in [-0.2, -0.15) is 4.80 Å². The third-order valence-corrected chi connectivity index (χ3v) is 2.07. The molecule has 0 saturated heterocycles. The van der Waals surface area contributed by atoms with Crippen molar-refractivity contribution in [3.8, 4) is 11.4 Å². The van der Waals surface area contributed by atoms with Gasteiger partial charge in [-0.25, -0.2) is 4.57 Å². The Hall–Kier alpha value is -1.78. The van der Waals surface area contributed by atoms with Gasteiger partial charge in [0.25, 0.3) is 0 Å². The van der Waals surface area contributed by atoms with Gasteiger partial charge >= 0.3 is 0 Å². The molecule has 72 valence electrons. The van der Waals surface area contributed by atoms with E-state index in [2.05, 4.69) is 15.4 Å². The van der Waals surface area contributed by atoms with Gasteiger partial charge in [0.1, 0.15) is 7.05 Å². The smallest absolute Gasteiger partial charge is 0.207 e. The Labute approximate surface area is 82.0 Å². The van der Waals surface area contributed by atoms with Crippen LogP contribution in [0.3, 0.4) is 0 Å². The Morgan fingerprint density at radius 1 is 1.43 bits per heavy atom. The van der Waals surface area contributed by atoms with E-state index in [0.717, 1.165) is 11.1 Å². The summed E-state index contributed by atoms with van der Waals surface area (Å²) in [6, 6.07) is 2.03. The van der Waals surface area contributed by atoms with Gasteiger partial charge in [0.15, 0.2) is 12.4 Å². The van der Waals surface area contributed by atoms with Crippen LogP contribution in [0.25, 0.3) is 11.4 Å². The molecule has 2 rings (SSSR count). The van der Waals surface area contributed by atoms with Crippen molar-refractivity contribution in [1.29, 1.82) is 0 Å². The molecule has 2 heterocycles. The molecular formula is C9H12N5+. The molecular weight excluding hydrogens is 178 g/mol. The van der Waals surface area contributed by atoms with Crippen molar-refractivity contribution in [1.82, 2.24) is 20.2 Å². The van der Waals surface area contributed by atoms with Crippen molar-refractivity contribution < 1.29 is 4.57 Å². The summed E-state index contributed by atoms with van der Waals surface area (Å²) in [5.74, 6) is 0.668. The number of aryl methyl sites for hydroxylation is 3. The Balaban J connectivity index is 2.55. The molecule has 0 bridgehead atoms. The monoisotopic (exact) mass is 190 g/mol. The van der Waals surface area contributed by atoms with Crippen LogP contribution < -0.4 is 4.57 Å². The van der Waals surface area contributed by atoms with Gasteiger partial charge in [0, 0.05) is 6.07 Å². The van der Waals surface area contributed by atoms with Crippen LogP contribution in [0.5, 0.6) is 0 Å². The van der Waals surface area contributed by atoms with E-state index in [9.17, 15) is 0 Å². The van der Waals surface area contributed by atoms with Crippen LogP contribution in [0.2, 0.25) is 0 Å². The van der Waals surface area contributed by atoms with Crippen molar-refractivity contribution in [3.63, 3.8) is 0 Å². The number of nitrogens with zero attached hydrogens (tertiary/aromatic N) is 5. The summed E-state index contributed by atoms with van der Waals surface area (Å²) in [4.78, 5) is 1.46. The highest BCUT2D eigenvalue weighted by Crippen LogP contribution is 2.15. The third kappa shape index (κ3) is 1.48. The van der Waals surface area contributed by atoms with E-state index < -0.39 is 0 Å². The van der Waals surface area contributed by atoms with Gasteiger partial charge < -0.3 is 0 Å². The number of pyridine rings is 1. The van der Waals surface area contributed by atoms with Gasteiger partial charge in [-0.15, -0.1) is 10.2 Å². The minimum atomic E-state index is 0.668. The van der Waals surface area contributed by atoms with Crippen molar-refractivity contribution >= 4 is 0 Å². The highest BCUT2D eigenvalue weighted by atomic mass is 15.6. The lowest BCUT2D eigenvalue weighted by molar-refractivity contribution is -0.671. The first-order chi connectivity index (χ1) is 6.66. The zero-order valence-corrected chi connectivity index (χ0v) is 8.47. The fourth-order valence-corrected chi connectivity index (χ4v) is 1.29. The van der Waals surface area contributed by atoms with Gasteiger partial charge in [-0.1, -0.05) is 0 Å². The summed E-state index contributed by atoms with van der Waals surface area (Å²) < 4.78 is 1.97. The SMILES string of the molecule is Cc1cc[n+](C)cc1-c1nnn(C)n1. The first-order valence-electron chi connectivity index (χ1n) is 4.37. The average molecular weight is 190 g/mol. The first-order valence-corrected chi connectivity index (χ1v) is 4.37. The summed E-state index contributed by atoms with van der Waals surface area (Å²) in [6.07, 6.45) is 3.99. The molecule has 0 spiro atoms. The standard InChI is InChI=1S/C9H12N5/c1-7-4-5-13(2)6-8(7)9-10-12-14(3)11-9/h4-6H,1-3H3/q+1. The lowest BCUT2D eigenvalue weighted by Gasteiger charge is -1.96. The van der Waals surface area contributed by atoms with E-state index in [1.807, 2.05) is 37.0 Å². The summed E-state index contributed by atoms with van der Waals surface area (Å²) in [5, 5.41) is 12.0. The molecule has 5 heteroatoms. The highest BCUT2D eigenvalue weighted by molar-refractivity contribution is 5.56. The average Bonchev–Trinajstić information content (AvgIpc) is 2.56. The maximum absolute atomic E-state index is 4.16.